The first-order chi connectivity index (χ1) is 8.79. The SMILES string of the molecule is O=C(COC(=O)c1ccc[nH]c1=O)NCC(F)(F)F. The highest BCUT2D eigenvalue weighted by atomic mass is 19.4. The summed E-state index contributed by atoms with van der Waals surface area (Å²) in [5, 5.41) is 1.52. The average Bonchev–Trinajstić information content (AvgIpc) is 2.33. The van der Waals surface area contributed by atoms with Crippen molar-refractivity contribution in [1.29, 1.82) is 0 Å². The van der Waals surface area contributed by atoms with E-state index in [0.29, 0.717) is 0 Å². The predicted molar refractivity (Wildman–Crippen MR) is 56.4 cm³/mol. The Morgan fingerprint density at radius 3 is 2.63 bits per heavy atom. The topological polar surface area (TPSA) is 88.3 Å². The van der Waals surface area contributed by atoms with Gasteiger partial charge in [-0.3, -0.25) is 9.59 Å². The van der Waals surface area contributed by atoms with Gasteiger partial charge in [-0.05, 0) is 12.1 Å². The van der Waals surface area contributed by atoms with Crippen molar-refractivity contribution in [3.05, 3.63) is 34.2 Å². The van der Waals surface area contributed by atoms with E-state index in [1.807, 2.05) is 0 Å². The quantitative estimate of drug-likeness (QED) is 0.771. The molecular weight excluding hydrogens is 269 g/mol. The van der Waals surface area contributed by atoms with E-state index in [-0.39, 0.29) is 5.56 Å². The third kappa shape index (κ3) is 5.23. The Kier molecular flexibility index (Phi) is 4.67. The number of aromatic nitrogens is 1. The Balaban J connectivity index is 2.45. The molecule has 0 atom stereocenters. The van der Waals surface area contributed by atoms with Crippen LogP contribution in [0.25, 0.3) is 0 Å². The van der Waals surface area contributed by atoms with Crippen LogP contribution in [0.4, 0.5) is 13.2 Å². The smallest absolute Gasteiger partial charge is 0.405 e. The van der Waals surface area contributed by atoms with Gasteiger partial charge in [0, 0.05) is 6.20 Å². The molecule has 19 heavy (non-hydrogen) atoms. The normalized spacial score (nSPS) is 10.9. The Morgan fingerprint density at radius 2 is 2.05 bits per heavy atom. The molecule has 6 nitrogen and oxygen atoms in total. The van der Waals surface area contributed by atoms with Crippen molar-refractivity contribution >= 4 is 11.9 Å². The predicted octanol–water partition coefficient (Wildman–Crippen LogP) is 0.210. The van der Waals surface area contributed by atoms with Gasteiger partial charge in [-0.2, -0.15) is 13.2 Å². The van der Waals surface area contributed by atoms with E-state index in [1.54, 1.807) is 0 Å². The number of esters is 1. The van der Waals surface area contributed by atoms with Crippen LogP contribution in [0.15, 0.2) is 23.1 Å². The molecule has 0 spiro atoms. The third-order valence-electron chi connectivity index (χ3n) is 1.86. The van der Waals surface area contributed by atoms with Gasteiger partial charge < -0.3 is 15.0 Å². The lowest BCUT2D eigenvalue weighted by Gasteiger charge is -2.08. The van der Waals surface area contributed by atoms with Crippen LogP contribution in [-0.2, 0) is 9.53 Å². The molecular formula is C10H9F3N2O4. The van der Waals surface area contributed by atoms with E-state index in [1.165, 1.54) is 17.6 Å². The van der Waals surface area contributed by atoms with E-state index < -0.39 is 36.8 Å². The van der Waals surface area contributed by atoms with Crippen LogP contribution in [0.2, 0.25) is 0 Å². The summed E-state index contributed by atoms with van der Waals surface area (Å²) in [6.45, 7) is -2.42. The first kappa shape index (κ1) is 14.7. The van der Waals surface area contributed by atoms with Crippen molar-refractivity contribution < 1.29 is 27.5 Å². The molecule has 9 heteroatoms. The lowest BCUT2D eigenvalue weighted by molar-refractivity contribution is -0.140. The van der Waals surface area contributed by atoms with Crippen LogP contribution in [0.1, 0.15) is 10.4 Å². The van der Waals surface area contributed by atoms with Crippen molar-refractivity contribution in [1.82, 2.24) is 10.3 Å². The second-order valence-electron chi connectivity index (χ2n) is 3.38. The Hall–Kier alpha value is -2.32. The molecule has 1 heterocycles. The maximum atomic E-state index is 11.8. The summed E-state index contributed by atoms with van der Waals surface area (Å²) < 4.78 is 39.7. The van der Waals surface area contributed by atoms with Crippen LogP contribution in [0, 0.1) is 0 Å². The summed E-state index contributed by atoms with van der Waals surface area (Å²) in [7, 11) is 0. The fourth-order valence-corrected chi connectivity index (χ4v) is 1.04. The van der Waals surface area contributed by atoms with Gasteiger partial charge in [-0.1, -0.05) is 0 Å². The second kappa shape index (κ2) is 6.03. The highest BCUT2D eigenvalue weighted by Crippen LogP contribution is 2.11. The molecule has 0 saturated heterocycles. The number of ether oxygens (including phenoxy) is 1. The second-order valence-corrected chi connectivity index (χ2v) is 3.38. The minimum Gasteiger partial charge on any atom is -0.452 e. The number of alkyl halides is 3. The Labute approximate surface area is 104 Å². The van der Waals surface area contributed by atoms with Crippen molar-refractivity contribution in [2.75, 3.05) is 13.2 Å². The molecule has 0 fully saturated rings. The van der Waals surface area contributed by atoms with Crippen molar-refractivity contribution in [2.24, 2.45) is 0 Å². The maximum absolute atomic E-state index is 11.8. The maximum Gasteiger partial charge on any atom is 0.405 e. The standard InChI is InChI=1S/C10H9F3N2O4/c11-10(12,13)5-15-7(16)4-19-9(18)6-2-1-3-14-8(6)17/h1-3H,4-5H2,(H,14,17)(H,15,16). The average molecular weight is 278 g/mol. The van der Waals surface area contributed by atoms with E-state index in [0.717, 1.165) is 6.07 Å². The molecule has 0 radical (unpaired) electrons. The van der Waals surface area contributed by atoms with E-state index in [2.05, 4.69) is 9.72 Å². The number of pyridine rings is 1. The van der Waals surface area contributed by atoms with Gasteiger partial charge in [0.05, 0.1) is 0 Å². The lowest BCUT2D eigenvalue weighted by Crippen LogP contribution is -2.36. The first-order valence-electron chi connectivity index (χ1n) is 4.98. The number of amides is 1. The molecule has 0 saturated carbocycles. The molecule has 0 aliphatic rings. The summed E-state index contributed by atoms with van der Waals surface area (Å²) in [5.74, 6) is -2.21. The molecule has 0 bridgehead atoms. The van der Waals surface area contributed by atoms with Gasteiger partial charge in [0.25, 0.3) is 11.5 Å². The van der Waals surface area contributed by atoms with E-state index in [4.69, 9.17) is 0 Å². The molecule has 1 aromatic heterocycles. The molecule has 1 rings (SSSR count). The molecule has 1 aromatic rings. The molecule has 0 aliphatic heterocycles. The highest BCUT2D eigenvalue weighted by molar-refractivity contribution is 5.90. The van der Waals surface area contributed by atoms with E-state index in [9.17, 15) is 27.6 Å². The van der Waals surface area contributed by atoms with Gasteiger partial charge in [0.1, 0.15) is 12.1 Å². The summed E-state index contributed by atoms with van der Waals surface area (Å²) in [6, 6.07) is 2.52. The number of carbonyl (C=O) groups excluding carboxylic acids is 2. The largest absolute Gasteiger partial charge is 0.452 e. The number of H-pyrrole nitrogens is 1. The van der Waals surface area contributed by atoms with Gasteiger partial charge >= 0.3 is 12.1 Å². The monoisotopic (exact) mass is 278 g/mol. The summed E-state index contributed by atoms with van der Waals surface area (Å²) in [5.41, 5.74) is -1.06. The molecule has 0 unspecified atom stereocenters. The van der Waals surface area contributed by atoms with Gasteiger partial charge in [-0.15, -0.1) is 0 Å². The zero-order valence-electron chi connectivity index (χ0n) is 9.41. The minimum atomic E-state index is -4.55. The van der Waals surface area contributed by atoms with Crippen LogP contribution >= 0.6 is 0 Å². The molecule has 2 N–H and O–H groups in total. The zero-order valence-corrected chi connectivity index (χ0v) is 9.41. The number of nitrogens with one attached hydrogen (secondary N) is 2. The van der Waals surface area contributed by atoms with Gasteiger partial charge in [0.15, 0.2) is 6.61 Å². The van der Waals surface area contributed by atoms with Gasteiger partial charge in [0.2, 0.25) is 0 Å². The number of aromatic amines is 1. The summed E-state index contributed by atoms with van der Waals surface area (Å²) in [6.07, 6.45) is -3.26. The number of hydrogen-bond donors (Lipinski definition) is 2. The van der Waals surface area contributed by atoms with Crippen molar-refractivity contribution in [2.45, 2.75) is 6.18 Å². The van der Waals surface area contributed by atoms with Crippen molar-refractivity contribution in [3.8, 4) is 0 Å². The number of hydrogen-bond acceptors (Lipinski definition) is 4. The van der Waals surface area contributed by atoms with Crippen LogP contribution < -0.4 is 10.9 Å². The summed E-state index contributed by atoms with van der Waals surface area (Å²) >= 11 is 0. The third-order valence-corrected chi connectivity index (χ3v) is 1.86. The Morgan fingerprint density at radius 1 is 1.37 bits per heavy atom. The first-order valence-corrected chi connectivity index (χ1v) is 4.98. The number of rotatable bonds is 4. The zero-order chi connectivity index (χ0) is 14.5. The van der Waals surface area contributed by atoms with Gasteiger partial charge in [-0.25, -0.2) is 4.79 Å². The molecule has 0 aliphatic carbocycles. The van der Waals surface area contributed by atoms with Crippen LogP contribution in [-0.4, -0.2) is 36.2 Å². The lowest BCUT2D eigenvalue weighted by atomic mass is 10.3. The van der Waals surface area contributed by atoms with E-state index >= 15 is 0 Å². The highest BCUT2D eigenvalue weighted by Gasteiger charge is 2.27. The number of halogens is 3. The molecule has 1 amide bonds. The number of carbonyl (C=O) groups is 2. The van der Waals surface area contributed by atoms with Crippen LogP contribution in [0.5, 0.6) is 0 Å². The molecule has 104 valence electrons. The summed E-state index contributed by atoms with van der Waals surface area (Å²) in [4.78, 5) is 35.6. The van der Waals surface area contributed by atoms with Crippen LogP contribution in [0.3, 0.4) is 0 Å². The molecule has 0 aromatic carbocycles. The Bertz CT molecular complexity index is 524. The fourth-order valence-electron chi connectivity index (χ4n) is 1.04. The fraction of sp³-hybridized carbons (Fsp3) is 0.300. The van der Waals surface area contributed by atoms with Crippen molar-refractivity contribution in [3.63, 3.8) is 0 Å². The minimum absolute atomic E-state index is 0.342.